The Morgan fingerprint density at radius 3 is 2.95 bits per heavy atom. The average Bonchev–Trinajstić information content (AvgIpc) is 3.62. The Bertz CT molecular complexity index is 1620. The Labute approximate surface area is 212 Å². The summed E-state index contributed by atoms with van der Waals surface area (Å²) in [6, 6.07) is 9.78. The van der Waals surface area contributed by atoms with E-state index in [4.69, 9.17) is 14.5 Å². The van der Waals surface area contributed by atoms with Gasteiger partial charge in [0.1, 0.15) is 23.1 Å². The van der Waals surface area contributed by atoms with Crippen LogP contribution in [0.3, 0.4) is 0 Å². The summed E-state index contributed by atoms with van der Waals surface area (Å²) in [6.45, 7) is 4.55. The highest BCUT2D eigenvalue weighted by Crippen LogP contribution is 2.35. The van der Waals surface area contributed by atoms with Crippen LogP contribution in [0.5, 0.6) is 5.75 Å². The molecule has 2 N–H and O–H groups in total. The van der Waals surface area contributed by atoms with Crippen LogP contribution in [0.4, 0.5) is 5.69 Å². The van der Waals surface area contributed by atoms with Gasteiger partial charge in [-0.05, 0) is 31.4 Å². The lowest BCUT2D eigenvalue weighted by molar-refractivity contribution is 0.180. The van der Waals surface area contributed by atoms with Gasteiger partial charge in [0.25, 0.3) is 11.1 Å². The van der Waals surface area contributed by atoms with Gasteiger partial charge in [-0.25, -0.2) is 4.98 Å². The minimum absolute atomic E-state index is 0.00534. The average molecular weight is 503 g/mol. The maximum absolute atomic E-state index is 13.4. The predicted molar refractivity (Wildman–Crippen MR) is 142 cm³/mol. The Morgan fingerprint density at radius 1 is 1.14 bits per heavy atom. The van der Waals surface area contributed by atoms with Crippen molar-refractivity contribution in [2.75, 3.05) is 44.8 Å². The highest BCUT2D eigenvalue weighted by Gasteiger charge is 2.29. The van der Waals surface area contributed by atoms with Crippen LogP contribution in [0.25, 0.3) is 33.2 Å². The number of rotatable bonds is 3. The van der Waals surface area contributed by atoms with Gasteiger partial charge in [0.2, 0.25) is 0 Å². The smallest absolute Gasteiger partial charge is 0.275 e. The summed E-state index contributed by atoms with van der Waals surface area (Å²) in [6.07, 6.45) is 3.05. The van der Waals surface area contributed by atoms with Crippen LogP contribution in [0, 0.1) is 0 Å². The van der Waals surface area contributed by atoms with Crippen LogP contribution in [0.2, 0.25) is 0 Å². The lowest BCUT2D eigenvalue weighted by Gasteiger charge is -2.27. The Morgan fingerprint density at radius 2 is 2.05 bits per heavy atom. The normalized spacial score (nSPS) is 23.3. The van der Waals surface area contributed by atoms with Crippen LogP contribution in [0.1, 0.15) is 19.3 Å². The van der Waals surface area contributed by atoms with E-state index in [1.165, 1.54) is 0 Å². The molecule has 2 saturated heterocycles. The summed E-state index contributed by atoms with van der Waals surface area (Å²) >= 11 is 0. The molecule has 0 spiro atoms. The fraction of sp³-hybridized carbons (Fsp3) is 0.444. The van der Waals surface area contributed by atoms with E-state index < -0.39 is 0 Å². The van der Waals surface area contributed by atoms with Crippen LogP contribution in [-0.2, 0) is 11.3 Å². The summed E-state index contributed by atoms with van der Waals surface area (Å²) in [7, 11) is 1.73. The molecule has 10 nitrogen and oxygen atoms in total. The number of benzene rings is 2. The fourth-order valence-corrected chi connectivity index (χ4v) is 6.18. The first-order valence-electron chi connectivity index (χ1n) is 13.0. The lowest BCUT2D eigenvalue weighted by atomic mass is 10.1. The second-order valence-corrected chi connectivity index (χ2v) is 10.3. The van der Waals surface area contributed by atoms with Gasteiger partial charge in [0.15, 0.2) is 0 Å². The highest BCUT2D eigenvalue weighted by atomic mass is 16.5. The van der Waals surface area contributed by atoms with Crippen molar-refractivity contribution in [1.29, 1.82) is 0 Å². The van der Waals surface area contributed by atoms with Crippen molar-refractivity contribution in [1.82, 2.24) is 24.6 Å². The predicted octanol–water partition coefficient (Wildman–Crippen LogP) is 2.32. The molecule has 10 heteroatoms. The molecule has 3 aliphatic heterocycles. The standard InChI is InChI=1S/C27H30N6O4/c1-36-15-16-4-3-8-32(16)17-12-21-25-22(13-17)37-18-7-9-31(14-18)10-11-33-27(35)20-6-2-5-19(23(20)30-33)24(29-25)26(34)28-21/h2,5-6,12-13,16,18,30H,3-4,7-11,14-15H2,1H3,(H,28,34)/t16-,18-/m0/s1. The molecule has 7 rings (SSSR count). The number of hydrogen-bond acceptors (Lipinski definition) is 7. The number of nitrogens with zero attached hydrogens (tertiary/aromatic N) is 4. The quantitative estimate of drug-likeness (QED) is 0.443. The summed E-state index contributed by atoms with van der Waals surface area (Å²) in [5.74, 6) is 0.676. The molecule has 0 radical (unpaired) electrons. The molecular weight excluding hydrogens is 472 g/mol. The van der Waals surface area contributed by atoms with Crippen molar-refractivity contribution < 1.29 is 9.47 Å². The van der Waals surface area contributed by atoms with E-state index in [9.17, 15) is 9.59 Å². The van der Waals surface area contributed by atoms with E-state index in [0.29, 0.717) is 46.4 Å². The molecule has 1 unspecified atom stereocenters. The summed E-state index contributed by atoms with van der Waals surface area (Å²) in [5.41, 5.74) is 3.38. The molecule has 0 amide bonds. The molecule has 3 atom stereocenters. The van der Waals surface area contributed by atoms with Crippen molar-refractivity contribution in [3.8, 4) is 17.0 Å². The van der Waals surface area contributed by atoms with Crippen molar-refractivity contribution >= 4 is 27.6 Å². The third-order valence-corrected chi connectivity index (χ3v) is 8.02. The van der Waals surface area contributed by atoms with Gasteiger partial charge in [0, 0.05) is 50.6 Å². The number of para-hydroxylation sites is 1. The zero-order chi connectivity index (χ0) is 25.1. The third-order valence-electron chi connectivity index (χ3n) is 8.02. The number of hydrogen-bond donors (Lipinski definition) is 2. The molecule has 2 fully saturated rings. The molecule has 0 aliphatic carbocycles. The number of ether oxygens (including phenoxy) is 2. The van der Waals surface area contributed by atoms with Gasteiger partial charge in [-0.15, -0.1) is 0 Å². The minimum atomic E-state index is -0.300. The molecule has 37 heavy (non-hydrogen) atoms. The first kappa shape index (κ1) is 22.6. The number of anilines is 1. The van der Waals surface area contributed by atoms with Gasteiger partial charge >= 0.3 is 0 Å². The van der Waals surface area contributed by atoms with Gasteiger partial charge in [-0.1, -0.05) is 12.1 Å². The summed E-state index contributed by atoms with van der Waals surface area (Å²) in [5, 5.41) is 3.81. The molecular formula is C27H30N6O4. The van der Waals surface area contributed by atoms with Crippen LogP contribution >= 0.6 is 0 Å². The number of H-pyrrole nitrogens is 2. The Hall–Kier alpha value is -3.63. The Balaban J connectivity index is 1.46. The first-order valence-corrected chi connectivity index (χ1v) is 13.0. The van der Waals surface area contributed by atoms with Gasteiger partial charge in [-0.2, -0.15) is 0 Å². The second kappa shape index (κ2) is 8.74. The SMILES string of the molecule is COC[C@@H]1CCCN1c1cc2c3nc(c(=O)[nH]c3c1)-c1cccc3c(=O)n([nH]c13)CCN1CC[C@@H](C1)O2. The molecule has 192 valence electrons. The number of aromatic nitrogens is 4. The van der Waals surface area contributed by atoms with Gasteiger partial charge < -0.3 is 19.4 Å². The zero-order valence-electron chi connectivity index (χ0n) is 20.8. The van der Waals surface area contributed by atoms with E-state index in [2.05, 4.69) is 25.9 Å². The van der Waals surface area contributed by atoms with Crippen LogP contribution in [0.15, 0.2) is 39.9 Å². The van der Waals surface area contributed by atoms with Crippen molar-refractivity contribution in [2.45, 2.75) is 38.0 Å². The number of fused-ring (bicyclic) bond motifs is 5. The van der Waals surface area contributed by atoms with Gasteiger partial charge in [0.05, 0.1) is 35.6 Å². The first-order chi connectivity index (χ1) is 18.1. The molecule has 0 saturated carbocycles. The number of nitrogens with one attached hydrogen (secondary N) is 2. The van der Waals surface area contributed by atoms with Crippen LogP contribution in [-0.4, -0.2) is 76.7 Å². The highest BCUT2D eigenvalue weighted by molar-refractivity contribution is 5.94. The van der Waals surface area contributed by atoms with E-state index in [1.54, 1.807) is 23.9 Å². The van der Waals surface area contributed by atoms with Crippen molar-refractivity contribution in [3.63, 3.8) is 0 Å². The van der Waals surface area contributed by atoms with Crippen molar-refractivity contribution in [3.05, 3.63) is 51.0 Å². The molecule has 2 aromatic heterocycles. The molecule has 2 aromatic carbocycles. The second-order valence-electron chi connectivity index (χ2n) is 10.3. The molecule has 4 aromatic rings. The van der Waals surface area contributed by atoms with E-state index in [0.717, 1.165) is 51.1 Å². The maximum Gasteiger partial charge on any atom is 0.275 e. The topological polar surface area (TPSA) is 108 Å². The number of methoxy groups -OCH3 is 1. The van der Waals surface area contributed by atoms with Gasteiger partial charge in [-0.3, -0.25) is 24.3 Å². The monoisotopic (exact) mass is 502 g/mol. The third kappa shape index (κ3) is 3.74. The van der Waals surface area contributed by atoms with Crippen molar-refractivity contribution in [2.24, 2.45) is 0 Å². The maximum atomic E-state index is 13.4. The largest absolute Gasteiger partial charge is 0.487 e. The zero-order valence-corrected chi connectivity index (χ0v) is 20.8. The molecule has 6 bridgehead atoms. The summed E-state index contributed by atoms with van der Waals surface area (Å²) in [4.78, 5) is 39.1. The Kier molecular flexibility index (Phi) is 5.33. The van der Waals surface area contributed by atoms with Crippen LogP contribution < -0.4 is 20.8 Å². The molecule has 5 heterocycles. The molecule has 3 aliphatic rings. The summed E-state index contributed by atoms with van der Waals surface area (Å²) < 4.78 is 13.7. The fourth-order valence-electron chi connectivity index (χ4n) is 6.18. The minimum Gasteiger partial charge on any atom is -0.487 e. The lowest BCUT2D eigenvalue weighted by Crippen LogP contribution is -2.33. The number of aromatic amines is 2. The van der Waals surface area contributed by atoms with E-state index in [1.807, 2.05) is 12.1 Å². The van der Waals surface area contributed by atoms with E-state index in [-0.39, 0.29) is 29.0 Å². The van der Waals surface area contributed by atoms with E-state index >= 15 is 0 Å².